The Labute approximate surface area is 190 Å². The number of Topliss-reactive ketones (excluding diaryl/α,β-unsaturated/α-hetero) is 1. The van der Waals surface area contributed by atoms with Crippen molar-refractivity contribution in [2.75, 3.05) is 13.2 Å². The number of fused-ring (bicyclic) bond motifs is 1. The molecule has 33 heavy (non-hydrogen) atoms. The Morgan fingerprint density at radius 2 is 2.00 bits per heavy atom. The van der Waals surface area contributed by atoms with Gasteiger partial charge >= 0.3 is 0 Å². The molecule has 9 heteroatoms. The molecule has 1 aromatic carbocycles. The zero-order chi connectivity index (χ0) is 22.8. The van der Waals surface area contributed by atoms with Crippen LogP contribution in [0.15, 0.2) is 67.3 Å². The average molecular weight is 445 g/mol. The first-order valence-electron chi connectivity index (χ1n) is 10.8. The number of aromatic nitrogens is 3. The molecule has 2 aliphatic heterocycles. The minimum absolute atomic E-state index is 0.0291. The van der Waals surface area contributed by atoms with Crippen molar-refractivity contribution >= 4 is 17.6 Å². The first kappa shape index (κ1) is 21.0. The lowest BCUT2D eigenvalue weighted by Gasteiger charge is -2.27. The monoisotopic (exact) mass is 445 g/mol. The number of carbonyl (C=O) groups is 3. The summed E-state index contributed by atoms with van der Waals surface area (Å²) in [7, 11) is 0. The van der Waals surface area contributed by atoms with Crippen LogP contribution < -0.4 is 5.32 Å². The highest BCUT2D eigenvalue weighted by molar-refractivity contribution is 5.99. The molecule has 3 aromatic rings. The predicted molar refractivity (Wildman–Crippen MR) is 118 cm³/mol. The van der Waals surface area contributed by atoms with E-state index in [1.165, 1.54) is 0 Å². The minimum atomic E-state index is -0.834. The third-order valence-corrected chi connectivity index (χ3v) is 6.06. The van der Waals surface area contributed by atoms with E-state index in [0.717, 1.165) is 11.3 Å². The number of ketones is 1. The summed E-state index contributed by atoms with van der Waals surface area (Å²) >= 11 is 0. The van der Waals surface area contributed by atoms with E-state index < -0.39 is 12.1 Å². The molecule has 168 valence electrons. The summed E-state index contributed by atoms with van der Waals surface area (Å²) in [5, 5.41) is 7.05. The van der Waals surface area contributed by atoms with E-state index in [2.05, 4.69) is 15.4 Å². The first-order valence-corrected chi connectivity index (χ1v) is 10.8. The second-order valence-electron chi connectivity index (χ2n) is 8.17. The summed E-state index contributed by atoms with van der Waals surface area (Å²) in [5.74, 6) is -0.743. The smallest absolute Gasteiger partial charge is 0.251 e. The summed E-state index contributed by atoms with van der Waals surface area (Å²) < 4.78 is 7.21. The van der Waals surface area contributed by atoms with Crippen LogP contribution in [0.2, 0.25) is 0 Å². The van der Waals surface area contributed by atoms with Gasteiger partial charge in [0.05, 0.1) is 11.8 Å². The molecule has 9 nitrogen and oxygen atoms in total. The zero-order valence-corrected chi connectivity index (χ0v) is 17.8. The van der Waals surface area contributed by atoms with Crippen LogP contribution in [0, 0.1) is 0 Å². The van der Waals surface area contributed by atoms with Gasteiger partial charge in [-0.25, -0.2) is 4.68 Å². The predicted octanol–water partition coefficient (Wildman–Crippen LogP) is 1.18. The van der Waals surface area contributed by atoms with Crippen LogP contribution in [0.3, 0.4) is 0 Å². The second kappa shape index (κ2) is 8.95. The Balaban J connectivity index is 1.35. The van der Waals surface area contributed by atoms with Gasteiger partial charge in [-0.2, -0.15) is 5.10 Å². The molecule has 0 aliphatic carbocycles. The third-order valence-electron chi connectivity index (χ3n) is 6.06. The van der Waals surface area contributed by atoms with Crippen LogP contribution in [0.25, 0.3) is 5.69 Å². The van der Waals surface area contributed by atoms with E-state index in [1.807, 2.05) is 18.3 Å². The molecule has 4 heterocycles. The van der Waals surface area contributed by atoms with E-state index in [9.17, 15) is 14.4 Å². The van der Waals surface area contributed by atoms with Crippen molar-refractivity contribution < 1.29 is 19.1 Å². The summed E-state index contributed by atoms with van der Waals surface area (Å²) in [6.07, 6.45) is 7.44. The van der Waals surface area contributed by atoms with E-state index >= 15 is 0 Å². The molecule has 1 N–H and O–H groups in total. The highest BCUT2D eigenvalue weighted by Gasteiger charge is 2.48. The van der Waals surface area contributed by atoms with Gasteiger partial charge in [-0.3, -0.25) is 19.4 Å². The molecule has 0 bridgehead atoms. The molecule has 2 saturated heterocycles. The fraction of sp³-hybridized carbons (Fsp3) is 0.292. The highest BCUT2D eigenvalue weighted by atomic mass is 16.5. The summed E-state index contributed by atoms with van der Waals surface area (Å²) in [6, 6.07) is 11.0. The number of likely N-dealkylation sites (tertiary alicyclic amines) is 1. The molecule has 2 aromatic heterocycles. The molecule has 3 atom stereocenters. The number of carbonyl (C=O) groups excluding carboxylic acids is 3. The Morgan fingerprint density at radius 1 is 1.15 bits per heavy atom. The van der Waals surface area contributed by atoms with Crippen molar-refractivity contribution in [1.29, 1.82) is 0 Å². The van der Waals surface area contributed by atoms with Crippen molar-refractivity contribution in [2.45, 2.75) is 31.0 Å². The zero-order valence-electron chi connectivity index (χ0n) is 17.8. The molecular weight excluding hydrogens is 422 g/mol. The van der Waals surface area contributed by atoms with Gasteiger partial charge in [-0.1, -0.05) is 6.07 Å². The molecule has 0 spiro atoms. The Kier molecular flexibility index (Phi) is 5.70. The number of nitrogens with zero attached hydrogens (tertiary/aromatic N) is 4. The molecule has 2 aliphatic rings. The average Bonchev–Trinajstić information content (AvgIpc) is 3.59. The van der Waals surface area contributed by atoms with Crippen LogP contribution in [0.5, 0.6) is 0 Å². The Morgan fingerprint density at radius 3 is 2.73 bits per heavy atom. The van der Waals surface area contributed by atoms with Crippen LogP contribution in [-0.4, -0.2) is 68.6 Å². The largest absolute Gasteiger partial charge is 0.368 e. The fourth-order valence-electron chi connectivity index (χ4n) is 4.42. The fourth-order valence-corrected chi connectivity index (χ4v) is 4.42. The van der Waals surface area contributed by atoms with E-state index in [-0.39, 0.29) is 36.7 Å². The second-order valence-corrected chi connectivity index (χ2v) is 8.17. The van der Waals surface area contributed by atoms with Gasteiger partial charge in [0.2, 0.25) is 5.91 Å². The standard InChI is InChI=1S/C24H23N5O4/c30-20-15-33-21-8-12-28(22(20)21)24(32)19(13-16-3-1-9-25-14-16)27-23(31)17-4-6-18(7-5-17)29-11-2-10-26-29/h1-7,9-11,14,19,21-22H,8,12-13,15H2,(H,27,31). The number of hydrogen-bond acceptors (Lipinski definition) is 6. The minimum Gasteiger partial charge on any atom is -0.368 e. The van der Waals surface area contributed by atoms with Crippen molar-refractivity contribution in [3.05, 3.63) is 78.4 Å². The molecule has 2 fully saturated rings. The van der Waals surface area contributed by atoms with E-state index in [4.69, 9.17) is 4.74 Å². The Hall–Kier alpha value is -3.85. The van der Waals surface area contributed by atoms with Gasteiger partial charge in [0.25, 0.3) is 5.91 Å². The first-order chi connectivity index (χ1) is 16.1. The van der Waals surface area contributed by atoms with Gasteiger partial charge in [-0.15, -0.1) is 0 Å². The Bertz CT molecular complexity index is 1150. The summed E-state index contributed by atoms with van der Waals surface area (Å²) in [6.45, 7) is 0.458. The number of benzene rings is 1. The SMILES string of the molecule is O=C(NC(Cc1cccnc1)C(=O)N1CCC2OCC(=O)C21)c1ccc(-n2cccn2)cc1. The van der Waals surface area contributed by atoms with Gasteiger partial charge in [-0.05, 0) is 48.4 Å². The maximum Gasteiger partial charge on any atom is 0.251 e. The molecule has 2 amide bonds. The van der Waals surface area contributed by atoms with Crippen LogP contribution in [0.1, 0.15) is 22.3 Å². The quantitative estimate of drug-likeness (QED) is 0.611. The lowest BCUT2D eigenvalue weighted by atomic mass is 10.0. The maximum atomic E-state index is 13.5. The summed E-state index contributed by atoms with van der Waals surface area (Å²) in [4.78, 5) is 44.5. The number of amides is 2. The van der Waals surface area contributed by atoms with Gasteiger partial charge in [0.1, 0.15) is 18.7 Å². The normalized spacial score (nSPS) is 20.5. The highest BCUT2D eigenvalue weighted by Crippen LogP contribution is 2.28. The van der Waals surface area contributed by atoms with Crippen molar-refractivity contribution in [3.63, 3.8) is 0 Å². The van der Waals surface area contributed by atoms with Crippen LogP contribution in [0.4, 0.5) is 0 Å². The molecule has 5 rings (SSSR count). The van der Waals surface area contributed by atoms with Crippen LogP contribution in [-0.2, 0) is 20.7 Å². The lowest BCUT2D eigenvalue weighted by Crippen LogP contribution is -2.53. The number of rotatable bonds is 6. The van der Waals surface area contributed by atoms with Crippen molar-refractivity contribution in [2.24, 2.45) is 0 Å². The van der Waals surface area contributed by atoms with E-state index in [1.54, 1.807) is 58.5 Å². The number of hydrogen-bond donors (Lipinski definition) is 1. The molecule has 3 unspecified atom stereocenters. The van der Waals surface area contributed by atoms with Gasteiger partial charge in [0, 0.05) is 43.3 Å². The molecule has 0 saturated carbocycles. The maximum absolute atomic E-state index is 13.5. The van der Waals surface area contributed by atoms with Gasteiger partial charge < -0.3 is 15.0 Å². The number of ether oxygens (including phenoxy) is 1. The molecule has 0 radical (unpaired) electrons. The summed E-state index contributed by atoms with van der Waals surface area (Å²) in [5.41, 5.74) is 2.06. The van der Waals surface area contributed by atoms with Crippen LogP contribution >= 0.6 is 0 Å². The number of nitrogens with one attached hydrogen (secondary N) is 1. The van der Waals surface area contributed by atoms with Crippen molar-refractivity contribution in [1.82, 2.24) is 25.0 Å². The molecular formula is C24H23N5O4. The van der Waals surface area contributed by atoms with Gasteiger partial charge in [0.15, 0.2) is 5.78 Å². The lowest BCUT2D eigenvalue weighted by molar-refractivity contribution is -0.138. The van der Waals surface area contributed by atoms with E-state index in [0.29, 0.717) is 18.5 Å². The third kappa shape index (κ3) is 4.27. The van der Waals surface area contributed by atoms with Crippen molar-refractivity contribution in [3.8, 4) is 5.69 Å². The topological polar surface area (TPSA) is 106 Å². The number of pyridine rings is 1.